The van der Waals surface area contributed by atoms with Gasteiger partial charge in [0.25, 0.3) is 23.2 Å². The van der Waals surface area contributed by atoms with E-state index >= 15 is 0 Å². The van der Waals surface area contributed by atoms with E-state index in [1.807, 2.05) is 5.43 Å². The molecule has 0 aliphatic carbocycles. The van der Waals surface area contributed by atoms with Gasteiger partial charge in [0.2, 0.25) is 6.10 Å². The van der Waals surface area contributed by atoms with Gasteiger partial charge in [-0.1, -0.05) is 12.1 Å². The lowest BCUT2D eigenvalue weighted by Gasteiger charge is -2.25. The zero-order valence-corrected chi connectivity index (χ0v) is 14.0. The molecule has 1 aliphatic heterocycles. The van der Waals surface area contributed by atoms with E-state index in [1.54, 1.807) is 24.3 Å². The fourth-order valence-electron chi connectivity index (χ4n) is 2.36. The number of benzene rings is 2. The van der Waals surface area contributed by atoms with Gasteiger partial charge in [-0.25, -0.2) is 0 Å². The number of nitrogens with zero attached hydrogens (tertiary/aromatic N) is 2. The molecule has 0 fully saturated rings. The van der Waals surface area contributed by atoms with Crippen molar-refractivity contribution in [2.24, 2.45) is 0 Å². The Kier molecular flexibility index (Phi) is 5.02. The molecule has 0 saturated carbocycles. The highest BCUT2D eigenvalue weighted by Crippen LogP contribution is 2.30. The Morgan fingerprint density at radius 2 is 1.57 bits per heavy atom. The van der Waals surface area contributed by atoms with Crippen LogP contribution in [0.2, 0.25) is 0 Å². The summed E-state index contributed by atoms with van der Waals surface area (Å²) in [5, 5.41) is 21.7. The van der Waals surface area contributed by atoms with E-state index in [0.717, 1.165) is 18.2 Å². The molecule has 0 aromatic heterocycles. The molecule has 1 atom stereocenters. The first-order valence-corrected chi connectivity index (χ1v) is 7.77. The van der Waals surface area contributed by atoms with Crippen LogP contribution in [-0.2, 0) is 4.79 Å². The Morgan fingerprint density at radius 3 is 2.18 bits per heavy atom. The summed E-state index contributed by atoms with van der Waals surface area (Å²) in [4.78, 5) is 44.3. The van der Waals surface area contributed by atoms with Crippen LogP contribution in [0.3, 0.4) is 0 Å². The molecule has 2 N–H and O–H groups in total. The van der Waals surface area contributed by atoms with Gasteiger partial charge in [-0.05, 0) is 12.1 Å². The molecular formula is C16H12N4O8. The van der Waals surface area contributed by atoms with Crippen LogP contribution >= 0.6 is 0 Å². The number of amides is 2. The second-order valence-electron chi connectivity index (χ2n) is 5.56. The molecular weight excluding hydrogens is 376 g/mol. The van der Waals surface area contributed by atoms with Gasteiger partial charge in [0, 0.05) is 12.1 Å². The minimum Gasteiger partial charge on any atom is -0.485 e. The monoisotopic (exact) mass is 388 g/mol. The maximum Gasteiger partial charge on any atom is 0.283 e. The number of rotatable bonds is 4. The quantitative estimate of drug-likeness (QED) is 0.581. The molecule has 144 valence electrons. The van der Waals surface area contributed by atoms with Crippen LogP contribution in [0, 0.1) is 20.2 Å². The zero-order valence-electron chi connectivity index (χ0n) is 14.0. The SMILES string of the molecule is O=C(NNC(=O)[C@H]1COc2ccccc2O1)c1cc([N+](=O)[O-])cc([N+](=O)[O-])c1. The zero-order chi connectivity index (χ0) is 20.3. The number of carbonyl (C=O) groups is 2. The number of para-hydroxylation sites is 2. The average molecular weight is 388 g/mol. The molecule has 12 heteroatoms. The Balaban J connectivity index is 1.66. The summed E-state index contributed by atoms with van der Waals surface area (Å²) in [5.74, 6) is -0.880. The van der Waals surface area contributed by atoms with E-state index < -0.39 is 39.1 Å². The lowest BCUT2D eigenvalue weighted by atomic mass is 10.1. The van der Waals surface area contributed by atoms with E-state index in [1.165, 1.54) is 0 Å². The highest BCUT2D eigenvalue weighted by molar-refractivity contribution is 5.97. The number of fused-ring (bicyclic) bond motifs is 1. The van der Waals surface area contributed by atoms with Gasteiger partial charge in [0.05, 0.1) is 21.5 Å². The van der Waals surface area contributed by atoms with Gasteiger partial charge in [-0.15, -0.1) is 0 Å². The summed E-state index contributed by atoms with van der Waals surface area (Å²) < 4.78 is 10.9. The van der Waals surface area contributed by atoms with E-state index in [-0.39, 0.29) is 12.2 Å². The van der Waals surface area contributed by atoms with Gasteiger partial charge in [-0.2, -0.15) is 0 Å². The van der Waals surface area contributed by atoms with Crippen LogP contribution in [0.4, 0.5) is 11.4 Å². The predicted octanol–water partition coefficient (Wildman–Crippen LogP) is 1.10. The first-order valence-electron chi connectivity index (χ1n) is 7.77. The van der Waals surface area contributed by atoms with Crippen LogP contribution in [0.15, 0.2) is 42.5 Å². The van der Waals surface area contributed by atoms with E-state index in [0.29, 0.717) is 11.5 Å². The van der Waals surface area contributed by atoms with E-state index in [2.05, 4.69) is 5.43 Å². The highest BCUT2D eigenvalue weighted by atomic mass is 16.6. The Morgan fingerprint density at radius 1 is 0.964 bits per heavy atom. The van der Waals surface area contributed by atoms with Crippen molar-refractivity contribution in [3.63, 3.8) is 0 Å². The van der Waals surface area contributed by atoms with Crippen LogP contribution in [-0.4, -0.2) is 34.4 Å². The predicted molar refractivity (Wildman–Crippen MR) is 91.7 cm³/mol. The topological polar surface area (TPSA) is 163 Å². The number of hydrazine groups is 1. The summed E-state index contributed by atoms with van der Waals surface area (Å²) in [6.45, 7) is -0.0962. The molecule has 28 heavy (non-hydrogen) atoms. The molecule has 2 aromatic rings. The Labute approximate surface area is 156 Å². The first-order chi connectivity index (χ1) is 13.3. The van der Waals surface area contributed by atoms with Gasteiger partial charge >= 0.3 is 0 Å². The second kappa shape index (κ2) is 7.57. The smallest absolute Gasteiger partial charge is 0.283 e. The molecule has 0 saturated heterocycles. The standard InChI is InChI=1S/C16H12N4O8/c21-15(9-5-10(19(23)24)7-11(6-9)20(25)26)17-18-16(22)14-8-27-12-3-1-2-4-13(12)28-14/h1-7,14H,8H2,(H,17,21)(H,18,22)/t14-/m1/s1. The molecule has 1 heterocycles. The maximum absolute atomic E-state index is 12.1. The number of carbonyl (C=O) groups excluding carboxylic acids is 2. The fourth-order valence-corrected chi connectivity index (χ4v) is 2.36. The summed E-state index contributed by atoms with van der Waals surface area (Å²) >= 11 is 0. The number of nitro benzene ring substituents is 2. The van der Waals surface area contributed by atoms with E-state index in [9.17, 15) is 29.8 Å². The van der Waals surface area contributed by atoms with Crippen LogP contribution in [0.1, 0.15) is 10.4 Å². The van der Waals surface area contributed by atoms with Gasteiger partial charge in [-0.3, -0.25) is 40.7 Å². The van der Waals surface area contributed by atoms with Gasteiger partial charge < -0.3 is 9.47 Å². The molecule has 0 unspecified atom stereocenters. The third-order valence-corrected chi connectivity index (χ3v) is 3.69. The molecule has 12 nitrogen and oxygen atoms in total. The third-order valence-electron chi connectivity index (χ3n) is 3.69. The van der Waals surface area contributed by atoms with Crippen molar-refractivity contribution in [1.29, 1.82) is 0 Å². The van der Waals surface area contributed by atoms with Crippen molar-refractivity contribution < 1.29 is 28.9 Å². The average Bonchev–Trinajstić information content (AvgIpc) is 2.70. The summed E-state index contributed by atoms with van der Waals surface area (Å²) in [5.41, 5.74) is 2.49. The first kappa shape index (κ1) is 18.6. The molecule has 2 aromatic carbocycles. The maximum atomic E-state index is 12.1. The molecule has 0 spiro atoms. The van der Waals surface area contributed by atoms with Gasteiger partial charge in [0.15, 0.2) is 11.5 Å². The lowest BCUT2D eigenvalue weighted by Crippen LogP contribution is -2.50. The molecule has 0 radical (unpaired) electrons. The minimum absolute atomic E-state index is 0.0962. The number of ether oxygens (including phenoxy) is 2. The lowest BCUT2D eigenvalue weighted by molar-refractivity contribution is -0.394. The molecule has 1 aliphatic rings. The van der Waals surface area contributed by atoms with Crippen molar-refractivity contribution in [2.45, 2.75) is 6.10 Å². The van der Waals surface area contributed by atoms with Crippen molar-refractivity contribution >= 4 is 23.2 Å². The molecule has 0 bridgehead atoms. The van der Waals surface area contributed by atoms with Crippen molar-refractivity contribution in [2.75, 3.05) is 6.61 Å². The fraction of sp³-hybridized carbons (Fsp3) is 0.125. The van der Waals surface area contributed by atoms with Crippen molar-refractivity contribution in [1.82, 2.24) is 10.9 Å². The van der Waals surface area contributed by atoms with Gasteiger partial charge in [0.1, 0.15) is 6.61 Å². The normalized spacial score (nSPS) is 14.6. The van der Waals surface area contributed by atoms with Crippen LogP contribution < -0.4 is 20.3 Å². The second-order valence-corrected chi connectivity index (χ2v) is 5.56. The molecule has 2 amide bonds. The number of non-ortho nitro benzene ring substituents is 2. The van der Waals surface area contributed by atoms with Crippen LogP contribution in [0.5, 0.6) is 11.5 Å². The van der Waals surface area contributed by atoms with Crippen molar-refractivity contribution in [3.05, 3.63) is 68.3 Å². The largest absolute Gasteiger partial charge is 0.485 e. The van der Waals surface area contributed by atoms with E-state index in [4.69, 9.17) is 9.47 Å². The van der Waals surface area contributed by atoms with Crippen LogP contribution in [0.25, 0.3) is 0 Å². The van der Waals surface area contributed by atoms with Crippen molar-refractivity contribution in [3.8, 4) is 11.5 Å². The number of hydrogen-bond donors (Lipinski definition) is 2. The summed E-state index contributed by atoms with van der Waals surface area (Å²) in [6.07, 6.45) is -1.05. The Bertz CT molecular complexity index is 945. The number of nitro groups is 2. The molecule has 3 rings (SSSR count). The number of nitrogens with one attached hydrogen (secondary N) is 2. The summed E-state index contributed by atoms with van der Waals surface area (Å²) in [6, 6.07) is 9.13. The summed E-state index contributed by atoms with van der Waals surface area (Å²) in [7, 11) is 0. The minimum atomic E-state index is -1.05. The third kappa shape index (κ3) is 3.95. The highest BCUT2D eigenvalue weighted by Gasteiger charge is 2.28. The number of hydrogen-bond acceptors (Lipinski definition) is 8. The Hall–Kier alpha value is -4.22.